The van der Waals surface area contributed by atoms with Gasteiger partial charge in [0.25, 0.3) is 0 Å². The minimum Gasteiger partial charge on any atom is -0.246 e. The number of aromatic nitrogens is 1. The molecule has 15 heavy (non-hydrogen) atoms. The van der Waals surface area contributed by atoms with Crippen LogP contribution in [0.3, 0.4) is 0 Å². The second kappa shape index (κ2) is 3.43. The van der Waals surface area contributed by atoms with E-state index in [1.807, 2.05) is 0 Å². The first-order chi connectivity index (χ1) is 7.40. The number of hydrogen-bond donors (Lipinski definition) is 0. The van der Waals surface area contributed by atoms with Crippen LogP contribution in [0.1, 0.15) is 12.5 Å². The van der Waals surface area contributed by atoms with Gasteiger partial charge in [0.15, 0.2) is 0 Å². The summed E-state index contributed by atoms with van der Waals surface area (Å²) in [5, 5.41) is 4.21. The molecule has 0 bridgehead atoms. The van der Waals surface area contributed by atoms with Gasteiger partial charge in [-0.1, -0.05) is 12.2 Å². The van der Waals surface area contributed by atoms with Crippen LogP contribution in [0.5, 0.6) is 0 Å². The van der Waals surface area contributed by atoms with Gasteiger partial charge in [0.05, 0.1) is 20.4 Å². The third kappa shape index (κ3) is 1.31. The molecule has 0 saturated carbocycles. The van der Waals surface area contributed by atoms with Crippen LogP contribution >= 0.6 is 22.7 Å². The summed E-state index contributed by atoms with van der Waals surface area (Å²) in [7, 11) is 0. The number of pyridine rings is 1. The van der Waals surface area contributed by atoms with Crippen molar-refractivity contribution in [1.82, 2.24) is 4.98 Å². The first-order valence-corrected chi connectivity index (χ1v) is 6.53. The van der Waals surface area contributed by atoms with Gasteiger partial charge in [0.2, 0.25) is 0 Å². The molecule has 1 nitrogen and oxygen atoms in total. The average Bonchev–Trinajstić information content (AvgIpc) is 2.84. The lowest BCUT2D eigenvalue weighted by Crippen LogP contribution is -1.79. The van der Waals surface area contributed by atoms with Crippen LogP contribution in [0.2, 0.25) is 0 Å². The first kappa shape index (κ1) is 9.07. The van der Waals surface area contributed by atoms with Crippen molar-refractivity contribution < 1.29 is 0 Å². The Morgan fingerprint density at radius 3 is 2.20 bits per heavy atom. The molecule has 0 spiro atoms. The smallest absolute Gasteiger partial charge is 0.0824 e. The van der Waals surface area contributed by atoms with Crippen molar-refractivity contribution in [3.05, 3.63) is 34.5 Å². The Kier molecular flexibility index (Phi) is 2.08. The van der Waals surface area contributed by atoms with E-state index >= 15 is 0 Å². The van der Waals surface area contributed by atoms with Crippen LogP contribution < -0.4 is 0 Å². The van der Waals surface area contributed by atoms with Gasteiger partial charge < -0.3 is 0 Å². The zero-order valence-electron chi connectivity index (χ0n) is 8.23. The Labute approximate surface area is 95.7 Å². The van der Waals surface area contributed by atoms with E-state index in [9.17, 15) is 0 Å². The molecule has 0 fully saturated rings. The molecule has 3 aromatic rings. The minimum absolute atomic E-state index is 1.11. The summed E-state index contributed by atoms with van der Waals surface area (Å²) in [5.41, 5.74) is 3.54. The Morgan fingerprint density at radius 2 is 1.67 bits per heavy atom. The van der Waals surface area contributed by atoms with E-state index in [1.165, 1.54) is 15.0 Å². The maximum atomic E-state index is 4.63. The molecule has 3 rings (SSSR count). The van der Waals surface area contributed by atoms with Crippen LogP contribution in [0, 0.1) is 0 Å². The fourth-order valence-electron chi connectivity index (χ4n) is 1.74. The molecule has 3 aromatic heterocycles. The zero-order valence-corrected chi connectivity index (χ0v) is 9.86. The summed E-state index contributed by atoms with van der Waals surface area (Å²) in [4.78, 5) is 4.63. The zero-order chi connectivity index (χ0) is 10.3. The molecule has 0 atom stereocenters. The largest absolute Gasteiger partial charge is 0.246 e. The predicted molar refractivity (Wildman–Crippen MR) is 69.7 cm³/mol. The van der Waals surface area contributed by atoms with Gasteiger partial charge in [-0.2, -0.15) is 0 Å². The number of allylic oxidation sites excluding steroid dienone is 1. The summed E-state index contributed by atoms with van der Waals surface area (Å²) in [6, 6.07) is 4.17. The van der Waals surface area contributed by atoms with Crippen molar-refractivity contribution in [3.63, 3.8) is 0 Å². The maximum Gasteiger partial charge on any atom is 0.0824 e. The molecule has 0 aromatic carbocycles. The number of rotatable bonds is 1. The molecular formula is C12H9NS2. The third-order valence-electron chi connectivity index (χ3n) is 2.35. The van der Waals surface area contributed by atoms with Crippen LogP contribution in [-0.4, -0.2) is 4.98 Å². The summed E-state index contributed by atoms with van der Waals surface area (Å²) < 4.78 is 2.59. The predicted octanol–water partition coefficient (Wildman–Crippen LogP) is 4.54. The Bertz CT molecular complexity index is 597. The van der Waals surface area contributed by atoms with E-state index < -0.39 is 0 Å². The van der Waals surface area contributed by atoms with Crippen molar-refractivity contribution in [2.75, 3.05) is 0 Å². The molecule has 0 unspecified atom stereocenters. The molecule has 0 N–H and O–H groups in total. The van der Waals surface area contributed by atoms with Crippen molar-refractivity contribution in [2.45, 2.75) is 6.92 Å². The first-order valence-electron chi connectivity index (χ1n) is 4.77. The lowest BCUT2D eigenvalue weighted by atomic mass is 10.2. The van der Waals surface area contributed by atoms with Crippen LogP contribution in [0.4, 0.5) is 0 Å². The van der Waals surface area contributed by atoms with Crippen molar-refractivity contribution in [1.29, 1.82) is 0 Å². The van der Waals surface area contributed by atoms with Crippen molar-refractivity contribution >= 4 is 49.2 Å². The quantitative estimate of drug-likeness (QED) is 0.599. The van der Waals surface area contributed by atoms with E-state index in [0.717, 1.165) is 11.0 Å². The molecule has 0 aliphatic carbocycles. The molecule has 3 heterocycles. The lowest BCUT2D eigenvalue weighted by Gasteiger charge is -1.98. The van der Waals surface area contributed by atoms with Crippen LogP contribution in [-0.2, 0) is 0 Å². The number of fused-ring (bicyclic) bond motifs is 2. The van der Waals surface area contributed by atoms with Gasteiger partial charge >= 0.3 is 0 Å². The maximum absolute atomic E-state index is 4.63. The molecular weight excluding hydrogens is 222 g/mol. The summed E-state index contributed by atoms with van der Waals surface area (Å²) in [6.07, 6.45) is 4.27. The highest BCUT2D eigenvalue weighted by Crippen LogP contribution is 2.33. The molecule has 0 aliphatic rings. The van der Waals surface area contributed by atoms with E-state index in [4.69, 9.17) is 0 Å². The summed E-state index contributed by atoms with van der Waals surface area (Å²) in [5.74, 6) is 0. The second-order valence-electron chi connectivity index (χ2n) is 3.30. The SMILES string of the molecule is C/C=C/c1c2sccc2nc2ccsc12. The Balaban J connectivity index is 2.56. The van der Waals surface area contributed by atoms with Gasteiger partial charge in [-0.15, -0.1) is 22.7 Å². The third-order valence-corrected chi connectivity index (χ3v) is 4.23. The van der Waals surface area contributed by atoms with E-state index in [1.54, 1.807) is 22.7 Å². The second-order valence-corrected chi connectivity index (χ2v) is 5.13. The molecule has 0 radical (unpaired) electrons. The normalized spacial score (nSPS) is 12.1. The monoisotopic (exact) mass is 231 g/mol. The topological polar surface area (TPSA) is 12.9 Å². The van der Waals surface area contributed by atoms with E-state index in [2.05, 4.69) is 47.0 Å². The van der Waals surface area contributed by atoms with Gasteiger partial charge in [-0.25, -0.2) is 4.98 Å². The van der Waals surface area contributed by atoms with Crippen LogP contribution in [0.15, 0.2) is 29.0 Å². The lowest BCUT2D eigenvalue weighted by molar-refractivity contribution is 1.54. The Morgan fingerprint density at radius 1 is 1.07 bits per heavy atom. The Hall–Kier alpha value is -1.19. The van der Waals surface area contributed by atoms with E-state index in [0.29, 0.717) is 0 Å². The molecule has 3 heteroatoms. The highest BCUT2D eigenvalue weighted by atomic mass is 32.1. The summed E-state index contributed by atoms with van der Waals surface area (Å²) >= 11 is 3.53. The molecule has 74 valence electrons. The van der Waals surface area contributed by atoms with Gasteiger partial charge in [0.1, 0.15) is 0 Å². The van der Waals surface area contributed by atoms with E-state index in [-0.39, 0.29) is 0 Å². The standard InChI is InChI=1S/C12H9NS2/c1-2-3-8-11-9(4-6-14-11)13-10-5-7-15-12(8)10/h2-7H,1H3/b3-2+. The fourth-order valence-corrected chi connectivity index (χ4v) is 3.53. The van der Waals surface area contributed by atoms with Crippen LogP contribution in [0.25, 0.3) is 26.5 Å². The van der Waals surface area contributed by atoms with Crippen molar-refractivity contribution in [3.8, 4) is 0 Å². The fraction of sp³-hybridized carbons (Fsp3) is 0.0833. The molecule has 0 saturated heterocycles. The van der Waals surface area contributed by atoms with Gasteiger partial charge in [-0.3, -0.25) is 0 Å². The highest BCUT2D eigenvalue weighted by Gasteiger charge is 2.08. The molecule has 0 aliphatic heterocycles. The number of thiophene rings is 2. The van der Waals surface area contributed by atoms with Gasteiger partial charge in [0, 0.05) is 5.56 Å². The number of hydrogen-bond acceptors (Lipinski definition) is 3. The summed E-state index contributed by atoms with van der Waals surface area (Å²) in [6.45, 7) is 2.05. The molecule has 0 amide bonds. The number of nitrogens with zero attached hydrogens (tertiary/aromatic N) is 1. The highest BCUT2D eigenvalue weighted by molar-refractivity contribution is 7.20. The minimum atomic E-state index is 1.11. The van der Waals surface area contributed by atoms with Crippen molar-refractivity contribution in [2.24, 2.45) is 0 Å². The van der Waals surface area contributed by atoms with Gasteiger partial charge in [-0.05, 0) is 29.8 Å². The average molecular weight is 231 g/mol.